The van der Waals surface area contributed by atoms with Crippen molar-refractivity contribution >= 4 is 27.3 Å². The number of carbonyl (C=O) groups is 1. The Balaban J connectivity index is 1.93. The molecule has 31 heavy (non-hydrogen) atoms. The molecule has 1 amide bonds. The summed E-state index contributed by atoms with van der Waals surface area (Å²) in [6.07, 6.45) is 0. The Hall–Kier alpha value is -3.32. The van der Waals surface area contributed by atoms with E-state index < -0.39 is 15.9 Å². The van der Waals surface area contributed by atoms with Crippen LogP contribution in [0.5, 0.6) is 5.75 Å². The Morgan fingerprint density at radius 2 is 1.61 bits per heavy atom. The summed E-state index contributed by atoms with van der Waals surface area (Å²) in [4.78, 5) is 13.0. The lowest BCUT2D eigenvalue weighted by Crippen LogP contribution is -2.38. The van der Waals surface area contributed by atoms with E-state index in [0.717, 1.165) is 15.4 Å². The van der Waals surface area contributed by atoms with Crippen molar-refractivity contribution in [1.29, 1.82) is 0 Å². The lowest BCUT2D eigenvalue weighted by atomic mass is 10.1. The van der Waals surface area contributed by atoms with Crippen LogP contribution in [0.3, 0.4) is 0 Å². The predicted molar refractivity (Wildman–Crippen MR) is 123 cm³/mol. The van der Waals surface area contributed by atoms with Crippen LogP contribution in [-0.2, 0) is 14.8 Å². The number of anilines is 2. The normalized spacial score (nSPS) is 11.1. The summed E-state index contributed by atoms with van der Waals surface area (Å²) in [5.74, 6) is 0.177. The highest BCUT2D eigenvalue weighted by Gasteiger charge is 2.27. The summed E-state index contributed by atoms with van der Waals surface area (Å²) in [6.45, 7) is 5.81. The molecule has 3 rings (SSSR count). The molecule has 6 nitrogen and oxygen atoms in total. The number of nitrogens with one attached hydrogen (secondary N) is 1. The molecule has 0 heterocycles. The van der Waals surface area contributed by atoms with Crippen LogP contribution in [0.4, 0.5) is 11.4 Å². The highest BCUT2D eigenvalue weighted by molar-refractivity contribution is 7.92. The first kappa shape index (κ1) is 22.4. The van der Waals surface area contributed by atoms with Gasteiger partial charge in [-0.05, 0) is 68.3 Å². The van der Waals surface area contributed by atoms with Crippen LogP contribution in [0, 0.1) is 13.8 Å². The summed E-state index contributed by atoms with van der Waals surface area (Å²) < 4.78 is 33.4. The molecule has 0 aliphatic heterocycles. The monoisotopic (exact) mass is 438 g/mol. The number of rotatable bonds is 8. The third-order valence-corrected chi connectivity index (χ3v) is 6.33. The van der Waals surface area contributed by atoms with Gasteiger partial charge in [-0.15, -0.1) is 0 Å². The molecule has 3 aromatic rings. The number of benzene rings is 3. The van der Waals surface area contributed by atoms with E-state index in [9.17, 15) is 13.2 Å². The van der Waals surface area contributed by atoms with Crippen molar-refractivity contribution in [3.05, 3.63) is 83.9 Å². The van der Waals surface area contributed by atoms with E-state index >= 15 is 0 Å². The Kier molecular flexibility index (Phi) is 6.97. The maximum absolute atomic E-state index is 13.4. The van der Waals surface area contributed by atoms with Gasteiger partial charge in [0.1, 0.15) is 12.3 Å². The largest absolute Gasteiger partial charge is 0.494 e. The number of sulfonamides is 1. The number of amides is 1. The lowest BCUT2D eigenvalue weighted by molar-refractivity contribution is -0.114. The summed E-state index contributed by atoms with van der Waals surface area (Å²) in [6, 6.07) is 20.6. The molecular formula is C24H26N2O4S. The average Bonchev–Trinajstić information content (AvgIpc) is 2.72. The van der Waals surface area contributed by atoms with Crippen molar-refractivity contribution in [2.45, 2.75) is 25.7 Å². The SMILES string of the molecule is CCOc1cccc(NC(=O)CN(c2cc(C)cc(C)c2)S(=O)(=O)c2ccccc2)c1. The molecule has 7 heteroatoms. The van der Waals surface area contributed by atoms with E-state index in [1.54, 1.807) is 54.6 Å². The van der Waals surface area contributed by atoms with Crippen LogP contribution in [0.2, 0.25) is 0 Å². The minimum Gasteiger partial charge on any atom is -0.494 e. The van der Waals surface area contributed by atoms with Crippen molar-refractivity contribution in [3.63, 3.8) is 0 Å². The van der Waals surface area contributed by atoms with E-state index in [0.29, 0.717) is 23.7 Å². The molecule has 0 bridgehead atoms. The molecule has 0 unspecified atom stereocenters. The topological polar surface area (TPSA) is 75.7 Å². The van der Waals surface area contributed by atoms with Crippen LogP contribution in [0.15, 0.2) is 77.7 Å². The fraction of sp³-hybridized carbons (Fsp3) is 0.208. The van der Waals surface area contributed by atoms with E-state index in [1.807, 2.05) is 26.8 Å². The molecule has 0 aliphatic rings. The van der Waals surface area contributed by atoms with Crippen molar-refractivity contribution in [3.8, 4) is 5.75 Å². The van der Waals surface area contributed by atoms with E-state index in [2.05, 4.69) is 5.32 Å². The molecule has 0 saturated carbocycles. The van der Waals surface area contributed by atoms with Gasteiger partial charge in [0.05, 0.1) is 17.2 Å². The van der Waals surface area contributed by atoms with Gasteiger partial charge in [-0.1, -0.05) is 30.3 Å². The molecule has 0 fully saturated rings. The molecule has 1 N–H and O–H groups in total. The minimum atomic E-state index is -3.94. The summed E-state index contributed by atoms with van der Waals surface area (Å²) >= 11 is 0. The summed E-state index contributed by atoms with van der Waals surface area (Å²) in [7, 11) is -3.94. The van der Waals surface area contributed by atoms with Crippen molar-refractivity contribution in [2.75, 3.05) is 22.8 Å². The van der Waals surface area contributed by atoms with E-state index in [4.69, 9.17) is 4.74 Å². The Labute approximate surface area is 183 Å². The second kappa shape index (κ2) is 9.66. The first-order valence-corrected chi connectivity index (χ1v) is 11.4. The van der Waals surface area contributed by atoms with Gasteiger partial charge in [-0.3, -0.25) is 9.10 Å². The first-order chi connectivity index (χ1) is 14.8. The second-order valence-electron chi connectivity index (χ2n) is 7.18. The molecular weight excluding hydrogens is 412 g/mol. The van der Waals surface area contributed by atoms with Crippen molar-refractivity contribution in [2.24, 2.45) is 0 Å². The number of hydrogen-bond acceptors (Lipinski definition) is 4. The molecule has 0 saturated heterocycles. The van der Waals surface area contributed by atoms with Crippen molar-refractivity contribution < 1.29 is 17.9 Å². The number of ether oxygens (including phenoxy) is 1. The summed E-state index contributed by atoms with van der Waals surface area (Å²) in [5.41, 5.74) is 2.80. The summed E-state index contributed by atoms with van der Waals surface area (Å²) in [5, 5.41) is 2.77. The third kappa shape index (κ3) is 5.64. The maximum atomic E-state index is 13.4. The highest BCUT2D eigenvalue weighted by Crippen LogP contribution is 2.26. The predicted octanol–water partition coefficient (Wildman–Crippen LogP) is 4.54. The fourth-order valence-corrected chi connectivity index (χ4v) is 4.72. The molecule has 162 valence electrons. The van der Waals surface area contributed by atoms with E-state index in [1.165, 1.54) is 12.1 Å². The standard InChI is InChI=1S/C24H26N2O4S/c1-4-30-22-10-8-9-20(16-22)25-24(27)17-26(21-14-18(2)13-19(3)15-21)31(28,29)23-11-6-5-7-12-23/h5-16H,4,17H2,1-3H3,(H,25,27). The van der Waals surface area contributed by atoms with Crippen LogP contribution in [0.25, 0.3) is 0 Å². The molecule has 0 radical (unpaired) electrons. The molecule has 0 aliphatic carbocycles. The quantitative estimate of drug-likeness (QED) is 0.560. The smallest absolute Gasteiger partial charge is 0.264 e. The Morgan fingerprint density at radius 3 is 2.26 bits per heavy atom. The van der Waals surface area contributed by atoms with Gasteiger partial charge in [0, 0.05) is 11.8 Å². The zero-order valence-corrected chi connectivity index (χ0v) is 18.6. The van der Waals surface area contributed by atoms with Crippen LogP contribution in [0.1, 0.15) is 18.1 Å². The zero-order chi connectivity index (χ0) is 22.4. The minimum absolute atomic E-state index is 0.125. The maximum Gasteiger partial charge on any atom is 0.264 e. The zero-order valence-electron chi connectivity index (χ0n) is 17.8. The number of hydrogen-bond donors (Lipinski definition) is 1. The third-order valence-electron chi connectivity index (χ3n) is 4.54. The molecule has 0 aromatic heterocycles. The molecule has 3 aromatic carbocycles. The average molecular weight is 439 g/mol. The number of carbonyl (C=O) groups excluding carboxylic acids is 1. The van der Waals surface area contributed by atoms with Crippen LogP contribution < -0.4 is 14.4 Å². The molecule has 0 atom stereocenters. The van der Waals surface area contributed by atoms with Crippen LogP contribution >= 0.6 is 0 Å². The van der Waals surface area contributed by atoms with Crippen molar-refractivity contribution in [1.82, 2.24) is 0 Å². The van der Waals surface area contributed by atoms with Gasteiger partial charge in [0.25, 0.3) is 10.0 Å². The second-order valence-corrected chi connectivity index (χ2v) is 9.04. The highest BCUT2D eigenvalue weighted by atomic mass is 32.2. The number of aryl methyl sites for hydroxylation is 2. The lowest BCUT2D eigenvalue weighted by Gasteiger charge is -2.25. The van der Waals surface area contributed by atoms with Gasteiger partial charge in [-0.2, -0.15) is 0 Å². The van der Waals surface area contributed by atoms with Gasteiger partial charge in [-0.25, -0.2) is 8.42 Å². The van der Waals surface area contributed by atoms with Crippen LogP contribution in [-0.4, -0.2) is 27.5 Å². The van der Waals surface area contributed by atoms with Gasteiger partial charge < -0.3 is 10.1 Å². The number of nitrogens with zero attached hydrogens (tertiary/aromatic N) is 1. The van der Waals surface area contributed by atoms with Gasteiger partial charge in [0.15, 0.2) is 0 Å². The fourth-order valence-electron chi connectivity index (χ4n) is 3.29. The Morgan fingerprint density at radius 1 is 0.935 bits per heavy atom. The first-order valence-electron chi connectivity index (χ1n) is 9.98. The van der Waals surface area contributed by atoms with E-state index in [-0.39, 0.29) is 11.4 Å². The van der Waals surface area contributed by atoms with Gasteiger partial charge >= 0.3 is 0 Å². The Bertz CT molecular complexity index is 1140. The molecule has 0 spiro atoms. The van der Waals surface area contributed by atoms with Gasteiger partial charge in [0.2, 0.25) is 5.91 Å².